The van der Waals surface area contributed by atoms with E-state index in [9.17, 15) is 22.4 Å². The molecular weight excluding hydrogens is 390 g/mol. The van der Waals surface area contributed by atoms with Gasteiger partial charge in [-0.15, -0.1) is 0 Å². The number of rotatable bonds is 9. The number of alkyl halides is 3. The fourth-order valence-corrected chi connectivity index (χ4v) is 2.94. The van der Waals surface area contributed by atoms with Gasteiger partial charge in [0.15, 0.2) is 5.69 Å². The quantitative estimate of drug-likeness (QED) is 0.485. The molecular formula is C19H25F4N5O. The normalized spacial score (nSPS) is 11.8. The zero-order chi connectivity index (χ0) is 21.6. The Morgan fingerprint density at radius 2 is 1.93 bits per heavy atom. The van der Waals surface area contributed by atoms with E-state index in [1.54, 1.807) is 0 Å². The second-order valence-corrected chi connectivity index (χ2v) is 6.63. The number of halogens is 4. The van der Waals surface area contributed by atoms with Crippen LogP contribution in [-0.2, 0) is 12.7 Å². The Labute approximate surface area is 166 Å². The molecule has 0 radical (unpaired) electrons. The van der Waals surface area contributed by atoms with E-state index in [-0.39, 0.29) is 30.0 Å². The molecule has 0 bridgehead atoms. The number of anilines is 1. The molecule has 0 atom stereocenters. The Kier molecular flexibility index (Phi) is 7.60. The zero-order valence-electron chi connectivity index (χ0n) is 16.4. The first-order chi connectivity index (χ1) is 13.7. The van der Waals surface area contributed by atoms with E-state index in [4.69, 9.17) is 5.73 Å². The number of benzene rings is 1. The summed E-state index contributed by atoms with van der Waals surface area (Å²) in [5.41, 5.74) is 4.63. The van der Waals surface area contributed by atoms with Gasteiger partial charge in [0.2, 0.25) is 0 Å². The van der Waals surface area contributed by atoms with Crippen molar-refractivity contribution in [3.05, 3.63) is 47.0 Å². The summed E-state index contributed by atoms with van der Waals surface area (Å²) >= 11 is 0. The number of aromatic amines is 1. The van der Waals surface area contributed by atoms with Gasteiger partial charge in [-0.05, 0) is 31.6 Å². The number of nitrogens with zero attached hydrogens (tertiary/aromatic N) is 3. The lowest BCUT2D eigenvalue weighted by atomic mass is 10.1. The third-order valence-corrected chi connectivity index (χ3v) is 4.56. The van der Waals surface area contributed by atoms with Gasteiger partial charge >= 0.3 is 6.18 Å². The van der Waals surface area contributed by atoms with Gasteiger partial charge < -0.3 is 15.5 Å². The molecule has 0 saturated carbocycles. The molecule has 1 heterocycles. The van der Waals surface area contributed by atoms with Crippen molar-refractivity contribution in [1.29, 1.82) is 0 Å². The number of hydrogen-bond donors (Lipinski definition) is 2. The molecule has 1 aromatic heterocycles. The second-order valence-electron chi connectivity index (χ2n) is 6.63. The molecule has 0 aliphatic heterocycles. The maximum Gasteiger partial charge on any atom is 0.435 e. The number of aromatic nitrogens is 2. The highest BCUT2D eigenvalue weighted by atomic mass is 19.4. The number of nitrogen functional groups attached to an aromatic ring is 1. The van der Waals surface area contributed by atoms with Gasteiger partial charge in [-0.25, -0.2) is 4.39 Å². The molecule has 1 amide bonds. The summed E-state index contributed by atoms with van der Waals surface area (Å²) in [5, 5.41) is 5.30. The Balaban J connectivity index is 2.28. The minimum absolute atomic E-state index is 0.120. The van der Waals surface area contributed by atoms with Crippen LogP contribution in [0.3, 0.4) is 0 Å². The average molecular weight is 415 g/mol. The van der Waals surface area contributed by atoms with E-state index >= 15 is 0 Å². The highest BCUT2D eigenvalue weighted by Gasteiger charge is 2.35. The van der Waals surface area contributed by atoms with Gasteiger partial charge in [0, 0.05) is 30.4 Å². The monoisotopic (exact) mass is 415 g/mol. The Hall–Kier alpha value is -2.62. The second kappa shape index (κ2) is 9.73. The molecule has 10 heteroatoms. The lowest BCUT2D eigenvalue weighted by molar-refractivity contribution is -0.141. The van der Waals surface area contributed by atoms with Gasteiger partial charge in [-0.3, -0.25) is 9.89 Å². The predicted octanol–water partition coefficient (Wildman–Crippen LogP) is 3.52. The smallest absolute Gasteiger partial charge is 0.398 e. The van der Waals surface area contributed by atoms with Crippen LogP contribution < -0.4 is 5.73 Å². The van der Waals surface area contributed by atoms with Crippen molar-refractivity contribution >= 4 is 11.6 Å². The maximum absolute atomic E-state index is 14.2. The van der Waals surface area contributed by atoms with E-state index in [1.165, 1.54) is 23.1 Å². The third kappa shape index (κ3) is 5.93. The SMILES string of the molecule is CCCN(CC)CCN(Cc1c(N)cccc1F)C(=O)c1cc(C(F)(F)F)n[nH]1. The molecule has 0 fully saturated rings. The number of carbonyl (C=O) groups excluding carboxylic acids is 1. The molecule has 29 heavy (non-hydrogen) atoms. The highest BCUT2D eigenvalue weighted by Crippen LogP contribution is 2.28. The zero-order valence-corrected chi connectivity index (χ0v) is 16.4. The van der Waals surface area contributed by atoms with Crippen molar-refractivity contribution in [2.75, 3.05) is 31.9 Å². The van der Waals surface area contributed by atoms with Crippen LogP contribution in [0.25, 0.3) is 0 Å². The number of hydrogen-bond acceptors (Lipinski definition) is 4. The Bertz CT molecular complexity index is 801. The van der Waals surface area contributed by atoms with Gasteiger partial charge in [0.05, 0.1) is 6.54 Å². The highest BCUT2D eigenvalue weighted by molar-refractivity contribution is 5.92. The predicted molar refractivity (Wildman–Crippen MR) is 102 cm³/mol. The molecule has 0 unspecified atom stereocenters. The van der Waals surface area contributed by atoms with Crippen molar-refractivity contribution in [2.45, 2.75) is 33.0 Å². The number of H-pyrrole nitrogens is 1. The summed E-state index contributed by atoms with van der Waals surface area (Å²) < 4.78 is 52.7. The number of likely N-dealkylation sites (N-methyl/N-ethyl adjacent to an activating group) is 1. The van der Waals surface area contributed by atoms with Crippen molar-refractivity contribution in [1.82, 2.24) is 20.0 Å². The standard InChI is InChI=1S/C19H25F4N5O/c1-3-8-27(4-2)9-10-28(12-13-14(20)6-5-7-15(13)24)18(29)16-11-17(26-25-16)19(21,22)23/h5-7,11H,3-4,8-10,12,24H2,1-2H3,(H,25,26). The molecule has 0 aliphatic rings. The first-order valence-electron chi connectivity index (χ1n) is 9.34. The number of nitrogens with one attached hydrogen (secondary N) is 1. The van der Waals surface area contributed by atoms with Gasteiger partial charge in [-0.1, -0.05) is 19.9 Å². The molecule has 0 aliphatic carbocycles. The number of nitrogens with two attached hydrogens (primary N) is 1. The van der Waals surface area contributed by atoms with Gasteiger partial charge in [0.1, 0.15) is 11.5 Å². The average Bonchev–Trinajstić information content (AvgIpc) is 3.16. The van der Waals surface area contributed by atoms with Crippen LogP contribution in [0.1, 0.15) is 42.0 Å². The lowest BCUT2D eigenvalue weighted by Gasteiger charge is -2.27. The topological polar surface area (TPSA) is 78.2 Å². The summed E-state index contributed by atoms with van der Waals surface area (Å²) in [4.78, 5) is 16.3. The fourth-order valence-electron chi connectivity index (χ4n) is 2.94. The molecule has 0 saturated heterocycles. The molecule has 0 spiro atoms. The largest absolute Gasteiger partial charge is 0.435 e. The Morgan fingerprint density at radius 3 is 2.48 bits per heavy atom. The Morgan fingerprint density at radius 1 is 1.21 bits per heavy atom. The van der Waals surface area contributed by atoms with Crippen molar-refractivity contribution in [2.24, 2.45) is 0 Å². The molecule has 6 nitrogen and oxygen atoms in total. The van der Waals surface area contributed by atoms with Crippen LogP contribution in [0.15, 0.2) is 24.3 Å². The van der Waals surface area contributed by atoms with Crippen LogP contribution in [0.2, 0.25) is 0 Å². The van der Waals surface area contributed by atoms with Crippen LogP contribution in [0.5, 0.6) is 0 Å². The molecule has 1 aromatic carbocycles. The van der Waals surface area contributed by atoms with Crippen LogP contribution in [0, 0.1) is 5.82 Å². The van der Waals surface area contributed by atoms with Crippen LogP contribution in [-0.4, -0.2) is 52.1 Å². The molecule has 2 rings (SSSR count). The van der Waals surface area contributed by atoms with E-state index in [0.29, 0.717) is 12.6 Å². The third-order valence-electron chi connectivity index (χ3n) is 4.56. The summed E-state index contributed by atoms with van der Waals surface area (Å²) in [6.07, 6.45) is -3.76. The van der Waals surface area contributed by atoms with Gasteiger partial charge in [0.25, 0.3) is 5.91 Å². The number of carbonyl (C=O) groups is 1. The van der Waals surface area contributed by atoms with Crippen molar-refractivity contribution in [3.8, 4) is 0 Å². The molecule has 2 aromatic rings. The summed E-state index contributed by atoms with van der Waals surface area (Å²) in [5.74, 6) is -1.28. The first-order valence-corrected chi connectivity index (χ1v) is 9.34. The first kappa shape index (κ1) is 22.7. The van der Waals surface area contributed by atoms with E-state index < -0.39 is 23.6 Å². The van der Waals surface area contributed by atoms with E-state index in [2.05, 4.69) is 15.1 Å². The minimum Gasteiger partial charge on any atom is -0.398 e. The minimum atomic E-state index is -4.67. The number of amides is 1. The molecule has 160 valence electrons. The summed E-state index contributed by atoms with van der Waals surface area (Å²) in [6, 6.07) is 4.84. The van der Waals surface area contributed by atoms with Crippen molar-refractivity contribution < 1.29 is 22.4 Å². The summed E-state index contributed by atoms with van der Waals surface area (Å²) in [7, 11) is 0. The maximum atomic E-state index is 14.2. The summed E-state index contributed by atoms with van der Waals surface area (Å²) in [6.45, 7) is 6.08. The lowest BCUT2D eigenvalue weighted by Crippen LogP contribution is -2.39. The van der Waals surface area contributed by atoms with E-state index in [0.717, 1.165) is 19.5 Å². The van der Waals surface area contributed by atoms with Crippen LogP contribution in [0.4, 0.5) is 23.2 Å². The fraction of sp³-hybridized carbons (Fsp3) is 0.474. The van der Waals surface area contributed by atoms with Crippen molar-refractivity contribution in [3.63, 3.8) is 0 Å². The molecule has 3 N–H and O–H groups in total. The van der Waals surface area contributed by atoms with E-state index in [1.807, 2.05) is 13.8 Å². The van der Waals surface area contributed by atoms with Crippen LogP contribution >= 0.6 is 0 Å². The van der Waals surface area contributed by atoms with Gasteiger partial charge in [-0.2, -0.15) is 18.3 Å².